The third-order valence-electron chi connectivity index (χ3n) is 3.03. The van der Waals surface area contributed by atoms with Crippen molar-refractivity contribution in [1.29, 1.82) is 0 Å². The molecule has 94 valence electrons. The molecular weight excluding hydrogens is 260 g/mol. The summed E-state index contributed by atoms with van der Waals surface area (Å²) >= 11 is 5.42. The molecule has 0 radical (unpaired) electrons. The molecule has 1 aromatic heterocycles. The van der Waals surface area contributed by atoms with E-state index in [9.17, 15) is 4.79 Å². The van der Waals surface area contributed by atoms with Gasteiger partial charge in [-0.1, -0.05) is 30.4 Å². The average Bonchev–Trinajstić information content (AvgIpc) is 2.70. The molecule has 0 N–H and O–H groups in total. The molecule has 0 atom stereocenters. The lowest BCUT2D eigenvalue weighted by Crippen LogP contribution is -1.87. The number of furan rings is 1. The van der Waals surface area contributed by atoms with Crippen LogP contribution in [0.4, 0.5) is 0 Å². The molecule has 0 bridgehead atoms. The topological polar surface area (TPSA) is 30.2 Å². The maximum atomic E-state index is 11.0. The highest BCUT2D eigenvalue weighted by Crippen LogP contribution is 2.29. The maximum absolute atomic E-state index is 11.0. The zero-order chi connectivity index (χ0) is 13.2. The molecule has 1 heterocycles. The van der Waals surface area contributed by atoms with E-state index in [0.717, 1.165) is 29.1 Å². The van der Waals surface area contributed by atoms with Gasteiger partial charge in [0.1, 0.15) is 11.5 Å². The molecule has 3 rings (SSSR count). The Balaban J connectivity index is 1.99. The summed E-state index contributed by atoms with van der Waals surface area (Å²) in [7, 11) is 0. The molecule has 0 saturated carbocycles. The first-order valence-corrected chi connectivity index (χ1v) is 6.39. The summed E-state index contributed by atoms with van der Waals surface area (Å²) in [5.41, 5.74) is 2.48. The van der Waals surface area contributed by atoms with Gasteiger partial charge in [0, 0.05) is 16.7 Å². The summed E-state index contributed by atoms with van der Waals surface area (Å²) in [6.07, 6.45) is 9.11. The number of allylic oxidation sites excluding steroid dienone is 2. The number of hydrogen-bond acceptors (Lipinski definition) is 2. The van der Waals surface area contributed by atoms with Crippen LogP contribution in [0.5, 0.6) is 0 Å². The quantitative estimate of drug-likeness (QED) is 0.737. The van der Waals surface area contributed by atoms with Crippen LogP contribution in [-0.4, -0.2) is 5.24 Å². The van der Waals surface area contributed by atoms with Crippen molar-refractivity contribution in [3.8, 4) is 11.3 Å². The third-order valence-corrected chi connectivity index (χ3v) is 3.24. The van der Waals surface area contributed by atoms with Crippen molar-refractivity contribution in [2.45, 2.75) is 6.42 Å². The molecule has 1 aromatic carbocycles. The highest BCUT2D eigenvalue weighted by atomic mass is 35.5. The zero-order valence-electron chi connectivity index (χ0n) is 10.1. The normalized spacial score (nSPS) is 13.1. The lowest BCUT2D eigenvalue weighted by Gasteiger charge is -1.98. The van der Waals surface area contributed by atoms with Gasteiger partial charge in [-0.2, -0.15) is 0 Å². The second-order valence-corrected chi connectivity index (χ2v) is 4.67. The summed E-state index contributed by atoms with van der Waals surface area (Å²) in [6, 6.07) is 9.07. The Morgan fingerprint density at radius 2 is 1.84 bits per heavy atom. The van der Waals surface area contributed by atoms with Crippen LogP contribution in [0.15, 0.2) is 46.9 Å². The minimum absolute atomic E-state index is 0.451. The van der Waals surface area contributed by atoms with Crippen LogP contribution in [0.2, 0.25) is 0 Å². The van der Waals surface area contributed by atoms with Crippen LogP contribution in [0, 0.1) is 0 Å². The van der Waals surface area contributed by atoms with Crippen molar-refractivity contribution >= 4 is 29.0 Å². The second kappa shape index (κ2) is 4.90. The fraction of sp³-hybridized carbons (Fsp3) is 0.0625. The molecular formula is C16H11ClO2. The Bertz CT molecular complexity index is 646. The Morgan fingerprint density at radius 3 is 2.58 bits per heavy atom. The van der Waals surface area contributed by atoms with E-state index in [2.05, 4.69) is 18.2 Å². The molecule has 0 amide bonds. The Kier molecular flexibility index (Phi) is 3.10. The Morgan fingerprint density at radius 1 is 1.11 bits per heavy atom. The van der Waals surface area contributed by atoms with E-state index in [0.29, 0.717) is 5.56 Å². The van der Waals surface area contributed by atoms with E-state index < -0.39 is 5.24 Å². The van der Waals surface area contributed by atoms with Crippen LogP contribution in [-0.2, 0) is 0 Å². The standard InChI is InChI=1S/C16H11ClO2/c17-16(18)12-8-6-11(7-9-12)15-10-13-4-2-1-3-5-14(13)19-15/h2-10H,1H2. The van der Waals surface area contributed by atoms with Gasteiger partial charge in [-0.05, 0) is 42.3 Å². The molecule has 19 heavy (non-hydrogen) atoms. The summed E-state index contributed by atoms with van der Waals surface area (Å²) in [6.45, 7) is 0. The molecule has 3 heteroatoms. The fourth-order valence-corrected chi connectivity index (χ4v) is 2.16. The number of rotatable bonds is 2. The molecule has 0 spiro atoms. The average molecular weight is 271 g/mol. The highest BCUT2D eigenvalue weighted by Gasteiger charge is 2.10. The number of carbonyl (C=O) groups excluding carboxylic acids is 1. The lowest BCUT2D eigenvalue weighted by molar-refractivity contribution is 0.108. The molecule has 0 fully saturated rings. The van der Waals surface area contributed by atoms with Crippen molar-refractivity contribution in [2.75, 3.05) is 0 Å². The summed E-state index contributed by atoms with van der Waals surface area (Å²) in [4.78, 5) is 11.0. The number of carbonyl (C=O) groups is 1. The first-order valence-electron chi connectivity index (χ1n) is 6.01. The summed E-state index contributed by atoms with van der Waals surface area (Å²) < 4.78 is 5.82. The van der Waals surface area contributed by atoms with Gasteiger partial charge >= 0.3 is 0 Å². The molecule has 1 aliphatic carbocycles. The van der Waals surface area contributed by atoms with Gasteiger partial charge in [0.25, 0.3) is 5.24 Å². The molecule has 2 aromatic rings. The van der Waals surface area contributed by atoms with Gasteiger partial charge < -0.3 is 4.42 Å². The number of fused-ring (bicyclic) bond motifs is 1. The van der Waals surface area contributed by atoms with Crippen molar-refractivity contribution in [2.24, 2.45) is 0 Å². The minimum Gasteiger partial charge on any atom is -0.456 e. The van der Waals surface area contributed by atoms with Gasteiger partial charge in [-0.15, -0.1) is 0 Å². The first kappa shape index (κ1) is 12.0. The Hall–Kier alpha value is -2.06. The predicted octanol–water partition coefficient (Wildman–Crippen LogP) is 4.76. The van der Waals surface area contributed by atoms with Crippen LogP contribution >= 0.6 is 11.6 Å². The van der Waals surface area contributed by atoms with E-state index in [1.165, 1.54) is 0 Å². The molecule has 0 saturated heterocycles. The first-order chi connectivity index (χ1) is 9.24. The predicted molar refractivity (Wildman–Crippen MR) is 77.0 cm³/mol. The summed E-state index contributed by atoms with van der Waals surface area (Å²) in [5.74, 6) is 1.65. The smallest absolute Gasteiger partial charge is 0.252 e. The zero-order valence-corrected chi connectivity index (χ0v) is 10.9. The van der Waals surface area contributed by atoms with Crippen LogP contribution in [0.3, 0.4) is 0 Å². The van der Waals surface area contributed by atoms with E-state index in [-0.39, 0.29) is 0 Å². The van der Waals surface area contributed by atoms with Gasteiger partial charge in [0.05, 0.1) is 0 Å². The van der Waals surface area contributed by atoms with Gasteiger partial charge in [0.15, 0.2) is 0 Å². The molecule has 2 nitrogen and oxygen atoms in total. The highest BCUT2D eigenvalue weighted by molar-refractivity contribution is 6.67. The van der Waals surface area contributed by atoms with Crippen molar-refractivity contribution in [3.63, 3.8) is 0 Å². The number of benzene rings is 1. The SMILES string of the molecule is O=C(Cl)c1ccc(-c2cc3c(o2)C=CCC=C3)cc1. The summed E-state index contributed by atoms with van der Waals surface area (Å²) in [5, 5.41) is -0.451. The monoisotopic (exact) mass is 270 g/mol. The van der Waals surface area contributed by atoms with E-state index in [1.54, 1.807) is 12.1 Å². The molecule has 1 aliphatic rings. The van der Waals surface area contributed by atoms with Crippen LogP contribution < -0.4 is 0 Å². The third kappa shape index (κ3) is 2.40. The van der Waals surface area contributed by atoms with Crippen molar-refractivity contribution < 1.29 is 9.21 Å². The molecule has 0 aliphatic heterocycles. The van der Waals surface area contributed by atoms with Crippen molar-refractivity contribution in [1.82, 2.24) is 0 Å². The van der Waals surface area contributed by atoms with E-state index in [1.807, 2.05) is 24.3 Å². The fourth-order valence-electron chi connectivity index (χ4n) is 2.04. The lowest BCUT2D eigenvalue weighted by atomic mass is 10.1. The van der Waals surface area contributed by atoms with Crippen LogP contribution in [0.25, 0.3) is 23.5 Å². The second-order valence-electron chi connectivity index (χ2n) is 4.32. The largest absolute Gasteiger partial charge is 0.456 e. The van der Waals surface area contributed by atoms with Crippen LogP contribution in [0.1, 0.15) is 28.1 Å². The number of halogens is 1. The molecule has 0 unspecified atom stereocenters. The van der Waals surface area contributed by atoms with E-state index >= 15 is 0 Å². The minimum atomic E-state index is -0.451. The van der Waals surface area contributed by atoms with E-state index in [4.69, 9.17) is 16.0 Å². The maximum Gasteiger partial charge on any atom is 0.252 e. The van der Waals surface area contributed by atoms with Gasteiger partial charge in [0.2, 0.25) is 0 Å². The number of hydrogen-bond donors (Lipinski definition) is 0. The van der Waals surface area contributed by atoms with Gasteiger partial charge in [-0.25, -0.2) is 0 Å². The van der Waals surface area contributed by atoms with Crippen molar-refractivity contribution in [3.05, 3.63) is 59.4 Å². The van der Waals surface area contributed by atoms with Gasteiger partial charge in [-0.3, -0.25) is 4.79 Å². The Labute approximate surface area is 116 Å².